The number of amides is 2. The number of benzene rings is 3. The van der Waals surface area contributed by atoms with Gasteiger partial charge in [-0.3, -0.25) is 14.2 Å². The van der Waals surface area contributed by atoms with Gasteiger partial charge in [0.25, 0.3) is 5.91 Å². The molecular formula is C30H31N5O2S. The van der Waals surface area contributed by atoms with E-state index in [-0.39, 0.29) is 24.1 Å². The van der Waals surface area contributed by atoms with E-state index in [1.807, 2.05) is 71.8 Å². The van der Waals surface area contributed by atoms with E-state index in [1.54, 1.807) is 0 Å². The number of rotatable bonds is 7. The molecule has 5 rings (SSSR count). The molecule has 2 heterocycles. The number of nitrogens with one attached hydrogen (secondary N) is 1. The van der Waals surface area contributed by atoms with Crippen LogP contribution in [0.3, 0.4) is 0 Å². The molecule has 194 valence electrons. The van der Waals surface area contributed by atoms with E-state index in [4.69, 9.17) is 0 Å². The molecule has 0 radical (unpaired) electrons. The molecule has 3 aromatic carbocycles. The van der Waals surface area contributed by atoms with Crippen LogP contribution in [0.4, 0.5) is 5.69 Å². The third-order valence-electron chi connectivity index (χ3n) is 7.21. The Bertz CT molecular complexity index is 1530. The first-order valence-corrected chi connectivity index (χ1v) is 13.7. The van der Waals surface area contributed by atoms with Gasteiger partial charge in [0, 0.05) is 17.8 Å². The number of thioether (sulfide) groups is 1. The molecule has 1 N–H and O–H groups in total. The second-order valence-corrected chi connectivity index (χ2v) is 10.6. The fraction of sp³-hybridized carbons (Fsp3) is 0.267. The minimum Gasteiger partial charge on any atom is -0.345 e. The van der Waals surface area contributed by atoms with Gasteiger partial charge in [0.1, 0.15) is 0 Å². The van der Waals surface area contributed by atoms with Crippen molar-refractivity contribution in [1.82, 2.24) is 20.1 Å². The summed E-state index contributed by atoms with van der Waals surface area (Å²) in [6.07, 6.45) is 0.871. The topological polar surface area (TPSA) is 80.1 Å². The zero-order chi connectivity index (χ0) is 26.8. The molecule has 38 heavy (non-hydrogen) atoms. The van der Waals surface area contributed by atoms with Crippen molar-refractivity contribution < 1.29 is 9.59 Å². The smallest absolute Gasteiger partial charge is 0.251 e. The SMILES string of the molecule is Cc1ccc(C(=O)NCc2nnc(SCC(=O)N3CCc4ccccc43)n2-c2cccc(C)c2C)cc1C. The summed E-state index contributed by atoms with van der Waals surface area (Å²) in [4.78, 5) is 27.9. The molecule has 0 saturated carbocycles. The minimum absolute atomic E-state index is 0.0417. The van der Waals surface area contributed by atoms with Gasteiger partial charge in [-0.2, -0.15) is 0 Å². The average Bonchev–Trinajstić information content (AvgIpc) is 3.53. The van der Waals surface area contributed by atoms with Crippen LogP contribution >= 0.6 is 11.8 Å². The molecule has 0 fully saturated rings. The first kappa shape index (κ1) is 25.7. The zero-order valence-corrected chi connectivity index (χ0v) is 22.9. The number of anilines is 1. The maximum atomic E-state index is 13.2. The van der Waals surface area contributed by atoms with Gasteiger partial charge in [-0.05, 0) is 86.2 Å². The van der Waals surface area contributed by atoms with Crippen LogP contribution in [0.15, 0.2) is 65.8 Å². The van der Waals surface area contributed by atoms with E-state index < -0.39 is 0 Å². The Kier molecular flexibility index (Phi) is 7.33. The highest BCUT2D eigenvalue weighted by Crippen LogP contribution is 2.30. The molecule has 1 aromatic heterocycles. The van der Waals surface area contributed by atoms with Crippen molar-refractivity contribution in [3.05, 3.63) is 99.9 Å². The summed E-state index contributed by atoms with van der Waals surface area (Å²) in [5.41, 5.74) is 8.18. The van der Waals surface area contributed by atoms with Gasteiger partial charge in [-0.25, -0.2) is 0 Å². The molecule has 1 aliphatic heterocycles. The standard InChI is InChI=1S/C30H31N5O2S/c1-19-12-13-24(16-21(19)3)29(37)31-17-27-32-33-30(35(27)25-11-7-8-20(2)22(25)4)38-18-28(36)34-15-14-23-9-5-6-10-26(23)34/h5-13,16H,14-15,17-18H2,1-4H3,(H,31,37). The van der Waals surface area contributed by atoms with Gasteiger partial charge in [-0.15, -0.1) is 10.2 Å². The largest absolute Gasteiger partial charge is 0.345 e. The molecule has 7 nitrogen and oxygen atoms in total. The maximum absolute atomic E-state index is 13.2. The van der Waals surface area contributed by atoms with Crippen molar-refractivity contribution in [2.45, 2.75) is 45.8 Å². The quantitative estimate of drug-likeness (QED) is 0.339. The first-order valence-electron chi connectivity index (χ1n) is 12.7. The van der Waals surface area contributed by atoms with Gasteiger partial charge in [0.05, 0.1) is 18.0 Å². The molecule has 0 bridgehead atoms. The molecule has 4 aromatic rings. The lowest BCUT2D eigenvalue weighted by molar-refractivity contribution is -0.116. The summed E-state index contributed by atoms with van der Waals surface area (Å²) in [7, 11) is 0. The minimum atomic E-state index is -0.166. The van der Waals surface area contributed by atoms with Crippen molar-refractivity contribution in [3.63, 3.8) is 0 Å². The third kappa shape index (κ3) is 5.09. The summed E-state index contributed by atoms with van der Waals surface area (Å²) in [5.74, 6) is 0.727. The predicted octanol–water partition coefficient (Wildman–Crippen LogP) is 5.11. The number of para-hydroxylation sites is 1. The van der Waals surface area contributed by atoms with Crippen LogP contribution in [0.1, 0.15) is 44.0 Å². The van der Waals surface area contributed by atoms with Crippen LogP contribution < -0.4 is 10.2 Å². The average molecular weight is 526 g/mol. The molecule has 0 spiro atoms. The van der Waals surface area contributed by atoms with E-state index in [0.717, 1.165) is 40.0 Å². The lowest BCUT2D eigenvalue weighted by Crippen LogP contribution is -2.30. The number of hydrogen-bond acceptors (Lipinski definition) is 5. The molecule has 1 aliphatic rings. The third-order valence-corrected chi connectivity index (χ3v) is 8.12. The number of fused-ring (bicyclic) bond motifs is 1. The number of carbonyl (C=O) groups excluding carboxylic acids is 2. The van der Waals surface area contributed by atoms with E-state index in [9.17, 15) is 9.59 Å². The van der Waals surface area contributed by atoms with Gasteiger partial charge in [-0.1, -0.05) is 48.2 Å². The van der Waals surface area contributed by atoms with E-state index in [1.165, 1.54) is 17.3 Å². The highest BCUT2D eigenvalue weighted by atomic mass is 32.2. The number of carbonyl (C=O) groups is 2. The predicted molar refractivity (Wildman–Crippen MR) is 151 cm³/mol. The Labute approximate surface area is 227 Å². The Morgan fingerprint density at radius 2 is 1.68 bits per heavy atom. The van der Waals surface area contributed by atoms with E-state index in [0.29, 0.717) is 23.1 Å². The molecule has 2 amide bonds. The van der Waals surface area contributed by atoms with Gasteiger partial charge in [0.15, 0.2) is 11.0 Å². The monoisotopic (exact) mass is 525 g/mol. The summed E-state index contributed by atoms with van der Waals surface area (Å²) in [6.45, 7) is 9.04. The van der Waals surface area contributed by atoms with Crippen LogP contribution in [0.25, 0.3) is 5.69 Å². The Balaban J connectivity index is 1.38. The summed E-state index contributed by atoms with van der Waals surface area (Å²) in [6, 6.07) is 19.8. The fourth-order valence-corrected chi connectivity index (χ4v) is 5.51. The van der Waals surface area contributed by atoms with Crippen molar-refractivity contribution in [2.75, 3.05) is 17.2 Å². The van der Waals surface area contributed by atoms with Crippen LogP contribution in [0.2, 0.25) is 0 Å². The second kappa shape index (κ2) is 10.8. The molecule has 0 saturated heterocycles. The van der Waals surface area contributed by atoms with Gasteiger partial charge >= 0.3 is 0 Å². The maximum Gasteiger partial charge on any atom is 0.251 e. The van der Waals surface area contributed by atoms with Crippen molar-refractivity contribution in [1.29, 1.82) is 0 Å². The van der Waals surface area contributed by atoms with Crippen molar-refractivity contribution in [3.8, 4) is 5.69 Å². The van der Waals surface area contributed by atoms with Gasteiger partial charge < -0.3 is 10.2 Å². The highest BCUT2D eigenvalue weighted by Gasteiger charge is 2.25. The lowest BCUT2D eigenvalue weighted by atomic mass is 10.1. The fourth-order valence-electron chi connectivity index (χ4n) is 4.67. The summed E-state index contributed by atoms with van der Waals surface area (Å²) < 4.78 is 1.96. The van der Waals surface area contributed by atoms with Crippen LogP contribution in [-0.2, 0) is 17.8 Å². The lowest BCUT2D eigenvalue weighted by Gasteiger charge is -2.18. The van der Waals surface area contributed by atoms with E-state index >= 15 is 0 Å². The zero-order valence-electron chi connectivity index (χ0n) is 22.1. The number of aryl methyl sites for hydroxylation is 3. The normalized spacial score (nSPS) is 12.5. The summed E-state index contributed by atoms with van der Waals surface area (Å²) in [5, 5.41) is 12.5. The Hall–Kier alpha value is -3.91. The molecule has 0 aliphatic carbocycles. The second-order valence-electron chi connectivity index (χ2n) is 9.65. The molecule has 0 atom stereocenters. The molecule has 8 heteroatoms. The Morgan fingerprint density at radius 1 is 0.895 bits per heavy atom. The highest BCUT2D eigenvalue weighted by molar-refractivity contribution is 7.99. The molecule has 0 unspecified atom stereocenters. The van der Waals surface area contributed by atoms with E-state index in [2.05, 4.69) is 41.5 Å². The van der Waals surface area contributed by atoms with Crippen molar-refractivity contribution in [2.24, 2.45) is 0 Å². The summed E-state index contributed by atoms with van der Waals surface area (Å²) >= 11 is 1.37. The number of aromatic nitrogens is 3. The van der Waals surface area contributed by atoms with Crippen molar-refractivity contribution >= 4 is 29.3 Å². The van der Waals surface area contributed by atoms with Crippen LogP contribution in [0, 0.1) is 27.7 Å². The van der Waals surface area contributed by atoms with Gasteiger partial charge in [0.2, 0.25) is 5.91 Å². The molecular weight excluding hydrogens is 494 g/mol. The number of hydrogen-bond donors (Lipinski definition) is 1. The van der Waals surface area contributed by atoms with Crippen LogP contribution in [0.5, 0.6) is 0 Å². The first-order chi connectivity index (χ1) is 18.3. The van der Waals surface area contributed by atoms with Crippen LogP contribution in [-0.4, -0.2) is 38.9 Å². The Morgan fingerprint density at radius 3 is 2.50 bits per heavy atom. The number of nitrogens with zero attached hydrogens (tertiary/aromatic N) is 4.